The molecule has 0 aromatic carbocycles. The van der Waals surface area contributed by atoms with Crippen LogP contribution < -0.4 is 5.32 Å². The van der Waals surface area contributed by atoms with Crippen molar-refractivity contribution in [1.29, 1.82) is 0 Å². The number of thiazole rings is 1. The van der Waals surface area contributed by atoms with Crippen LogP contribution in [0.5, 0.6) is 0 Å². The Kier molecular flexibility index (Phi) is 5.99. The maximum Gasteiger partial charge on any atom is 0.0897 e. The monoisotopic (exact) mass is 240 g/mol. The third-order valence-corrected chi connectivity index (χ3v) is 3.87. The van der Waals surface area contributed by atoms with Crippen molar-refractivity contribution in [2.24, 2.45) is 5.92 Å². The van der Waals surface area contributed by atoms with Crippen molar-refractivity contribution in [3.8, 4) is 0 Å². The molecule has 2 atom stereocenters. The number of aryl methyl sites for hydroxylation is 1. The molecule has 3 heteroatoms. The van der Waals surface area contributed by atoms with E-state index in [1.807, 2.05) is 17.5 Å². The summed E-state index contributed by atoms with van der Waals surface area (Å²) in [5, 5.41) is 4.82. The fraction of sp³-hybridized carbons (Fsp3) is 0.769. The zero-order chi connectivity index (χ0) is 12.0. The fourth-order valence-corrected chi connectivity index (χ4v) is 3.02. The summed E-state index contributed by atoms with van der Waals surface area (Å²) in [5.41, 5.74) is 0. The first-order chi connectivity index (χ1) is 7.69. The van der Waals surface area contributed by atoms with Gasteiger partial charge in [-0.15, -0.1) is 11.3 Å². The molecule has 1 N–H and O–H groups in total. The second-order valence-electron chi connectivity index (χ2n) is 4.48. The van der Waals surface area contributed by atoms with Gasteiger partial charge in [0.2, 0.25) is 0 Å². The molecule has 0 aliphatic heterocycles. The molecule has 0 bridgehead atoms. The Bertz CT molecular complexity index is 296. The minimum absolute atomic E-state index is 0.492. The van der Waals surface area contributed by atoms with Crippen molar-refractivity contribution in [3.05, 3.63) is 16.1 Å². The molecule has 0 fully saturated rings. The number of rotatable bonds is 7. The molecular weight excluding hydrogens is 216 g/mol. The van der Waals surface area contributed by atoms with E-state index in [1.54, 1.807) is 0 Å². The predicted molar refractivity (Wildman–Crippen MR) is 72.0 cm³/mol. The first-order valence-corrected chi connectivity index (χ1v) is 7.16. The molecule has 0 aliphatic rings. The highest BCUT2D eigenvalue weighted by molar-refractivity contribution is 7.11. The van der Waals surface area contributed by atoms with Crippen LogP contribution in [0.2, 0.25) is 0 Å². The molecular formula is C13H24N2S. The first kappa shape index (κ1) is 13.7. The van der Waals surface area contributed by atoms with Gasteiger partial charge in [0, 0.05) is 17.1 Å². The SMILES string of the molecule is CCCNC(c1cnc(C)s1)C(C)CCC. The summed E-state index contributed by atoms with van der Waals surface area (Å²) in [6.07, 6.45) is 5.76. The van der Waals surface area contributed by atoms with E-state index >= 15 is 0 Å². The minimum Gasteiger partial charge on any atom is -0.309 e. The molecule has 0 saturated heterocycles. The van der Waals surface area contributed by atoms with Gasteiger partial charge in [0.05, 0.1) is 5.01 Å². The highest BCUT2D eigenvalue weighted by Crippen LogP contribution is 2.29. The lowest BCUT2D eigenvalue weighted by molar-refractivity contribution is 0.367. The van der Waals surface area contributed by atoms with Crippen molar-refractivity contribution in [2.75, 3.05) is 6.54 Å². The van der Waals surface area contributed by atoms with Crippen LogP contribution in [0.25, 0.3) is 0 Å². The highest BCUT2D eigenvalue weighted by atomic mass is 32.1. The Morgan fingerprint density at radius 2 is 2.12 bits per heavy atom. The molecule has 0 saturated carbocycles. The van der Waals surface area contributed by atoms with E-state index < -0.39 is 0 Å². The maximum atomic E-state index is 4.37. The van der Waals surface area contributed by atoms with Crippen molar-refractivity contribution in [1.82, 2.24) is 10.3 Å². The average molecular weight is 240 g/mol. The normalized spacial score (nSPS) is 15.0. The Labute approximate surface area is 103 Å². The Hall–Kier alpha value is -0.410. The third kappa shape index (κ3) is 3.87. The van der Waals surface area contributed by atoms with Crippen LogP contribution in [0.3, 0.4) is 0 Å². The van der Waals surface area contributed by atoms with Crippen LogP contribution in [0, 0.1) is 12.8 Å². The number of nitrogens with one attached hydrogen (secondary N) is 1. The molecule has 2 unspecified atom stereocenters. The van der Waals surface area contributed by atoms with E-state index in [0.717, 1.165) is 6.54 Å². The van der Waals surface area contributed by atoms with Crippen LogP contribution in [0.15, 0.2) is 6.20 Å². The summed E-state index contributed by atoms with van der Waals surface area (Å²) in [4.78, 5) is 5.76. The molecule has 1 rings (SSSR count). The minimum atomic E-state index is 0.492. The van der Waals surface area contributed by atoms with Gasteiger partial charge >= 0.3 is 0 Å². The Balaban J connectivity index is 2.69. The van der Waals surface area contributed by atoms with Crippen molar-refractivity contribution < 1.29 is 0 Å². The number of hydrogen-bond donors (Lipinski definition) is 1. The topological polar surface area (TPSA) is 24.9 Å². The van der Waals surface area contributed by atoms with E-state index in [-0.39, 0.29) is 0 Å². The van der Waals surface area contributed by atoms with Gasteiger partial charge in [-0.25, -0.2) is 4.98 Å². The fourth-order valence-electron chi connectivity index (χ4n) is 2.03. The number of hydrogen-bond acceptors (Lipinski definition) is 3. The molecule has 1 aromatic heterocycles. The predicted octanol–water partition coefficient (Wildman–Crippen LogP) is 3.93. The molecule has 92 valence electrons. The van der Waals surface area contributed by atoms with Gasteiger partial charge < -0.3 is 5.32 Å². The van der Waals surface area contributed by atoms with Gasteiger partial charge in [-0.3, -0.25) is 0 Å². The molecule has 0 aliphatic carbocycles. The number of aromatic nitrogens is 1. The van der Waals surface area contributed by atoms with E-state index in [0.29, 0.717) is 12.0 Å². The molecule has 0 spiro atoms. The zero-order valence-electron chi connectivity index (χ0n) is 10.9. The van der Waals surface area contributed by atoms with Gasteiger partial charge in [-0.05, 0) is 32.2 Å². The summed E-state index contributed by atoms with van der Waals surface area (Å²) >= 11 is 1.83. The maximum absolute atomic E-state index is 4.37. The largest absolute Gasteiger partial charge is 0.309 e. The summed E-state index contributed by atoms with van der Waals surface area (Å²) < 4.78 is 0. The second-order valence-corrected chi connectivity index (χ2v) is 5.75. The number of nitrogens with zero attached hydrogens (tertiary/aromatic N) is 1. The zero-order valence-corrected chi connectivity index (χ0v) is 11.7. The van der Waals surface area contributed by atoms with Gasteiger partial charge in [0.15, 0.2) is 0 Å². The summed E-state index contributed by atoms with van der Waals surface area (Å²) in [6.45, 7) is 9.98. The standard InChI is InChI=1S/C13H24N2S/c1-5-7-10(3)13(14-8-6-2)12-9-15-11(4)16-12/h9-10,13-14H,5-8H2,1-4H3. The Morgan fingerprint density at radius 1 is 1.38 bits per heavy atom. The van der Waals surface area contributed by atoms with Crippen LogP contribution >= 0.6 is 11.3 Å². The van der Waals surface area contributed by atoms with Gasteiger partial charge in [0.1, 0.15) is 0 Å². The lowest BCUT2D eigenvalue weighted by Gasteiger charge is -2.23. The van der Waals surface area contributed by atoms with Crippen molar-refractivity contribution in [2.45, 2.75) is 53.0 Å². The van der Waals surface area contributed by atoms with E-state index in [4.69, 9.17) is 0 Å². The summed E-state index contributed by atoms with van der Waals surface area (Å²) in [6, 6.07) is 0.492. The highest BCUT2D eigenvalue weighted by Gasteiger charge is 2.19. The smallest absolute Gasteiger partial charge is 0.0897 e. The quantitative estimate of drug-likeness (QED) is 0.781. The molecule has 1 heterocycles. The van der Waals surface area contributed by atoms with E-state index in [2.05, 4.69) is 38.0 Å². The van der Waals surface area contributed by atoms with Crippen LogP contribution in [-0.4, -0.2) is 11.5 Å². The second kappa shape index (κ2) is 7.02. The van der Waals surface area contributed by atoms with Crippen LogP contribution in [-0.2, 0) is 0 Å². The van der Waals surface area contributed by atoms with Gasteiger partial charge in [-0.1, -0.05) is 27.2 Å². The first-order valence-electron chi connectivity index (χ1n) is 6.34. The Morgan fingerprint density at radius 3 is 2.62 bits per heavy atom. The van der Waals surface area contributed by atoms with Crippen molar-refractivity contribution in [3.63, 3.8) is 0 Å². The third-order valence-electron chi connectivity index (χ3n) is 2.87. The van der Waals surface area contributed by atoms with Gasteiger partial charge in [0.25, 0.3) is 0 Å². The van der Waals surface area contributed by atoms with Crippen molar-refractivity contribution >= 4 is 11.3 Å². The summed E-state index contributed by atoms with van der Waals surface area (Å²) in [7, 11) is 0. The molecule has 0 amide bonds. The van der Waals surface area contributed by atoms with Gasteiger partial charge in [-0.2, -0.15) is 0 Å². The molecule has 1 aromatic rings. The average Bonchev–Trinajstić information content (AvgIpc) is 2.66. The van der Waals surface area contributed by atoms with Crippen LogP contribution in [0.4, 0.5) is 0 Å². The lowest BCUT2D eigenvalue weighted by atomic mass is 9.96. The van der Waals surface area contributed by atoms with E-state index in [1.165, 1.54) is 29.1 Å². The van der Waals surface area contributed by atoms with Crippen LogP contribution in [0.1, 0.15) is 56.0 Å². The lowest BCUT2D eigenvalue weighted by Crippen LogP contribution is -2.27. The molecule has 2 nitrogen and oxygen atoms in total. The van der Waals surface area contributed by atoms with E-state index in [9.17, 15) is 0 Å². The molecule has 0 radical (unpaired) electrons. The summed E-state index contributed by atoms with van der Waals surface area (Å²) in [5.74, 6) is 0.691. The molecule has 16 heavy (non-hydrogen) atoms.